The number of esters is 1. The van der Waals surface area contributed by atoms with Crippen LogP contribution in [0.1, 0.15) is 35.3 Å². The van der Waals surface area contributed by atoms with Crippen molar-refractivity contribution < 1.29 is 23.9 Å². The number of anilines is 4. The predicted molar refractivity (Wildman–Crippen MR) is 161 cm³/mol. The van der Waals surface area contributed by atoms with Gasteiger partial charge >= 0.3 is 5.97 Å². The van der Waals surface area contributed by atoms with Gasteiger partial charge in [-0.05, 0) is 56.9 Å². The second kappa shape index (κ2) is 12.5. The number of benzene rings is 3. The number of hydrogen-bond acceptors (Lipinski definition) is 7. The molecule has 212 valence electrons. The zero-order chi connectivity index (χ0) is 29.7. The molecule has 0 unspecified atom stereocenters. The van der Waals surface area contributed by atoms with E-state index in [9.17, 15) is 19.2 Å². The molecule has 10 heteroatoms. The highest BCUT2D eigenvalue weighted by molar-refractivity contribution is 6.37. The number of hydrogen-bond donors (Lipinski definition) is 3. The van der Waals surface area contributed by atoms with Gasteiger partial charge in [0.1, 0.15) is 0 Å². The van der Waals surface area contributed by atoms with Gasteiger partial charge in [0.05, 0.1) is 47.0 Å². The first-order valence-corrected chi connectivity index (χ1v) is 13.1. The molecule has 0 atom stereocenters. The van der Waals surface area contributed by atoms with Gasteiger partial charge in [-0.15, -0.1) is 0 Å². The monoisotopic (exact) mass is 555 g/mol. The summed E-state index contributed by atoms with van der Waals surface area (Å²) in [6.45, 7) is 3.57. The molecule has 4 rings (SSSR count). The van der Waals surface area contributed by atoms with Crippen molar-refractivity contribution >= 4 is 57.7 Å². The van der Waals surface area contributed by atoms with Gasteiger partial charge < -0.3 is 30.5 Å². The fraction of sp³-hybridized carbons (Fsp3) is 0.226. The van der Waals surface area contributed by atoms with E-state index in [1.165, 1.54) is 11.8 Å². The molecule has 0 aliphatic carbocycles. The molecule has 0 bridgehead atoms. The molecule has 1 aliphatic heterocycles. The van der Waals surface area contributed by atoms with Gasteiger partial charge in [-0.25, -0.2) is 4.79 Å². The molecule has 10 nitrogen and oxygen atoms in total. The van der Waals surface area contributed by atoms with Crippen LogP contribution >= 0.6 is 0 Å². The van der Waals surface area contributed by atoms with Crippen molar-refractivity contribution in [1.29, 1.82) is 0 Å². The first-order valence-electron chi connectivity index (χ1n) is 13.1. The summed E-state index contributed by atoms with van der Waals surface area (Å²) in [6.07, 6.45) is 0. The van der Waals surface area contributed by atoms with Crippen LogP contribution in [-0.4, -0.2) is 62.9 Å². The molecule has 3 amide bonds. The van der Waals surface area contributed by atoms with Gasteiger partial charge in [0.25, 0.3) is 5.91 Å². The topological polar surface area (TPSA) is 120 Å². The average Bonchev–Trinajstić information content (AvgIpc) is 3.26. The molecule has 41 heavy (non-hydrogen) atoms. The van der Waals surface area contributed by atoms with Crippen molar-refractivity contribution in [3.63, 3.8) is 0 Å². The number of ether oxygens (including phenoxy) is 1. The second-order valence-electron chi connectivity index (χ2n) is 9.78. The molecule has 3 aromatic carbocycles. The van der Waals surface area contributed by atoms with Crippen LogP contribution in [0, 0.1) is 0 Å². The first-order chi connectivity index (χ1) is 19.6. The van der Waals surface area contributed by atoms with Crippen molar-refractivity contribution in [3.05, 3.63) is 83.4 Å². The Morgan fingerprint density at radius 3 is 2.29 bits per heavy atom. The summed E-state index contributed by atoms with van der Waals surface area (Å²) in [5.74, 6) is -1.24. The molecule has 0 aromatic heterocycles. The van der Waals surface area contributed by atoms with E-state index in [2.05, 4.69) is 16.0 Å². The number of nitrogens with one attached hydrogen (secondary N) is 3. The maximum atomic E-state index is 13.3. The molecule has 0 fully saturated rings. The summed E-state index contributed by atoms with van der Waals surface area (Å²) < 4.78 is 5.10. The number of rotatable bonds is 9. The Balaban J connectivity index is 1.79. The van der Waals surface area contributed by atoms with Crippen molar-refractivity contribution in [2.45, 2.75) is 13.8 Å². The third-order valence-electron chi connectivity index (χ3n) is 6.35. The Labute approximate surface area is 239 Å². The predicted octanol–water partition coefficient (Wildman–Crippen LogP) is 4.28. The van der Waals surface area contributed by atoms with E-state index in [1.54, 1.807) is 69.4 Å². The maximum absolute atomic E-state index is 13.3. The molecule has 1 aliphatic rings. The minimum Gasteiger partial charge on any atom is -0.462 e. The fourth-order valence-corrected chi connectivity index (χ4v) is 4.50. The van der Waals surface area contributed by atoms with E-state index in [-0.39, 0.29) is 30.9 Å². The third-order valence-corrected chi connectivity index (χ3v) is 6.35. The van der Waals surface area contributed by atoms with Crippen LogP contribution in [0.25, 0.3) is 11.3 Å². The van der Waals surface area contributed by atoms with E-state index in [4.69, 9.17) is 4.74 Å². The molecule has 0 saturated carbocycles. The third kappa shape index (κ3) is 6.62. The lowest BCUT2D eigenvalue weighted by Crippen LogP contribution is -2.35. The normalized spacial score (nSPS) is 13.3. The smallest absolute Gasteiger partial charge is 0.338 e. The van der Waals surface area contributed by atoms with Crippen LogP contribution in [-0.2, 0) is 19.1 Å². The quantitative estimate of drug-likeness (QED) is 0.266. The van der Waals surface area contributed by atoms with Crippen LogP contribution in [0.2, 0.25) is 0 Å². The second-order valence-corrected chi connectivity index (χ2v) is 9.78. The highest BCUT2D eigenvalue weighted by Gasteiger charge is 2.29. The summed E-state index contributed by atoms with van der Waals surface area (Å²) >= 11 is 0. The van der Waals surface area contributed by atoms with E-state index in [0.717, 1.165) is 5.56 Å². The fourth-order valence-electron chi connectivity index (χ4n) is 4.50. The van der Waals surface area contributed by atoms with Gasteiger partial charge in [-0.3, -0.25) is 14.4 Å². The summed E-state index contributed by atoms with van der Waals surface area (Å²) in [5.41, 5.74) is 4.69. The molecule has 0 saturated heterocycles. The number of amides is 3. The van der Waals surface area contributed by atoms with Crippen LogP contribution in [0.3, 0.4) is 0 Å². The number of fused-ring (bicyclic) bond motifs is 1. The lowest BCUT2D eigenvalue weighted by Gasteiger charge is -2.23. The van der Waals surface area contributed by atoms with E-state index < -0.39 is 5.97 Å². The number of nitrogens with zero attached hydrogens (tertiary/aromatic N) is 2. The van der Waals surface area contributed by atoms with Gasteiger partial charge in [-0.2, -0.15) is 0 Å². The van der Waals surface area contributed by atoms with Crippen LogP contribution in [0.5, 0.6) is 0 Å². The van der Waals surface area contributed by atoms with Gasteiger partial charge in [0.2, 0.25) is 11.8 Å². The van der Waals surface area contributed by atoms with Crippen molar-refractivity contribution in [1.82, 2.24) is 4.90 Å². The lowest BCUT2D eigenvalue weighted by atomic mass is 9.99. The molecular weight excluding hydrogens is 522 g/mol. The highest BCUT2D eigenvalue weighted by Crippen LogP contribution is 2.39. The molecule has 3 aromatic rings. The Morgan fingerprint density at radius 1 is 0.902 bits per heavy atom. The van der Waals surface area contributed by atoms with Crippen molar-refractivity contribution in [3.8, 4) is 0 Å². The minimum absolute atomic E-state index is 0.143. The van der Waals surface area contributed by atoms with Crippen LogP contribution in [0.4, 0.5) is 22.7 Å². The lowest BCUT2D eigenvalue weighted by molar-refractivity contribution is -0.119. The Hall–Kier alpha value is -4.96. The first kappa shape index (κ1) is 29.0. The summed E-state index contributed by atoms with van der Waals surface area (Å²) in [7, 11) is 5.27. The minimum atomic E-state index is -0.469. The molecule has 0 radical (unpaired) electrons. The van der Waals surface area contributed by atoms with E-state index >= 15 is 0 Å². The standard InChI is InChI=1S/C31H33N5O5/c1-6-41-31(40)21-12-14-23-24(16-21)34-30(39)28(23)29(20-10-8-7-9-11-20)33-22-13-15-26(25(17-22)32-19(2)37)36(5)27(38)18-35(3)4/h7-17,33H,6,18H2,1-5H3,(H,32,37)(H,34,39)/b29-28-. The maximum Gasteiger partial charge on any atom is 0.338 e. The number of carbonyl (C=O) groups is 4. The van der Waals surface area contributed by atoms with Crippen LogP contribution in [0.15, 0.2) is 66.7 Å². The van der Waals surface area contributed by atoms with Crippen LogP contribution < -0.4 is 20.9 Å². The average molecular weight is 556 g/mol. The molecule has 3 N–H and O–H groups in total. The summed E-state index contributed by atoms with van der Waals surface area (Å²) in [6, 6.07) is 19.6. The zero-order valence-corrected chi connectivity index (χ0v) is 23.7. The highest BCUT2D eigenvalue weighted by atomic mass is 16.5. The zero-order valence-electron chi connectivity index (χ0n) is 23.7. The molecular formula is C31H33N5O5. The molecule has 1 heterocycles. The largest absolute Gasteiger partial charge is 0.462 e. The van der Waals surface area contributed by atoms with E-state index in [1.807, 2.05) is 30.3 Å². The Morgan fingerprint density at radius 2 is 1.63 bits per heavy atom. The Bertz CT molecular complexity index is 1530. The van der Waals surface area contributed by atoms with Crippen molar-refractivity contribution in [2.24, 2.45) is 0 Å². The Kier molecular flexibility index (Phi) is 8.84. The number of carbonyl (C=O) groups excluding carboxylic acids is 4. The summed E-state index contributed by atoms with van der Waals surface area (Å²) in [5, 5.41) is 9.04. The van der Waals surface area contributed by atoms with Crippen molar-refractivity contribution in [2.75, 3.05) is 55.1 Å². The van der Waals surface area contributed by atoms with Gasteiger partial charge in [-0.1, -0.05) is 36.4 Å². The summed E-state index contributed by atoms with van der Waals surface area (Å²) in [4.78, 5) is 53.7. The van der Waals surface area contributed by atoms with E-state index in [0.29, 0.717) is 45.1 Å². The SMILES string of the molecule is CCOC(=O)c1ccc2c(c1)NC(=O)/C2=C(\Nc1ccc(N(C)C(=O)CN(C)C)c(NC(C)=O)c1)c1ccccc1. The van der Waals surface area contributed by atoms with Gasteiger partial charge in [0, 0.05) is 25.2 Å². The number of likely N-dealkylation sites (N-methyl/N-ethyl adjacent to an activating group) is 2. The van der Waals surface area contributed by atoms with Gasteiger partial charge in [0.15, 0.2) is 0 Å². The molecule has 0 spiro atoms.